The molecule has 2 saturated carbocycles. The minimum Gasteiger partial charge on any atom is -0.491 e. The van der Waals surface area contributed by atoms with Crippen molar-refractivity contribution in [2.75, 3.05) is 57.9 Å². The summed E-state index contributed by atoms with van der Waals surface area (Å²) in [6.45, 7) is 21.9. The lowest BCUT2D eigenvalue weighted by Gasteiger charge is -2.35. The van der Waals surface area contributed by atoms with Gasteiger partial charge in [0.2, 0.25) is 5.91 Å². The molecule has 4 heterocycles. The molecular formula is C47H67ClN6O8S. The third kappa shape index (κ3) is 11.2. The highest BCUT2D eigenvalue weighted by atomic mass is 35.5. The molecule has 2 aromatic heterocycles. The third-order valence-electron chi connectivity index (χ3n) is 13.7. The number of thiazole rings is 1. The van der Waals surface area contributed by atoms with Crippen LogP contribution in [0.2, 0.25) is 5.02 Å². The Hall–Kier alpha value is -3.76. The van der Waals surface area contributed by atoms with Crippen molar-refractivity contribution in [2.45, 2.75) is 124 Å². The number of carbonyl (C=O) groups excluding carboxylic acids is 2. The number of amides is 1. The number of hydrogen-bond acceptors (Lipinski definition) is 13. The molecule has 0 spiro atoms. The summed E-state index contributed by atoms with van der Waals surface area (Å²) in [5.41, 5.74) is 0.133. The van der Waals surface area contributed by atoms with Crippen molar-refractivity contribution in [3.8, 4) is 22.9 Å². The zero-order chi connectivity index (χ0) is 45.2. The number of nitrogens with one attached hydrogen (secondary N) is 2. The lowest BCUT2D eigenvalue weighted by atomic mass is 9.78. The molecule has 0 radical (unpaired) electrons. The lowest BCUT2D eigenvalue weighted by molar-refractivity contribution is -0.151. The number of anilines is 1. The Morgan fingerprint density at radius 3 is 2.43 bits per heavy atom. The molecule has 4 fully saturated rings. The second-order valence-corrected chi connectivity index (χ2v) is 21.0. The van der Waals surface area contributed by atoms with Gasteiger partial charge in [0.05, 0.1) is 36.9 Å². The number of morpholine rings is 1. The quantitative estimate of drug-likeness (QED) is 0.106. The number of ether oxygens (including phenoxy) is 4. The van der Waals surface area contributed by atoms with Crippen molar-refractivity contribution in [1.29, 1.82) is 0 Å². The molecule has 1 amide bonds. The van der Waals surface area contributed by atoms with E-state index in [9.17, 15) is 19.5 Å². The van der Waals surface area contributed by atoms with Crippen LogP contribution < -0.4 is 20.1 Å². The van der Waals surface area contributed by atoms with Gasteiger partial charge < -0.3 is 34.7 Å². The summed E-state index contributed by atoms with van der Waals surface area (Å²) in [6.07, 6.45) is 2.70. The molecule has 14 nitrogen and oxygen atoms in total. The second-order valence-electron chi connectivity index (χ2n) is 19.7. The van der Waals surface area contributed by atoms with E-state index < -0.39 is 23.7 Å². The average Bonchev–Trinajstić information content (AvgIpc) is 3.43. The molecule has 1 unspecified atom stereocenters. The number of fused-ring (bicyclic) bond motifs is 1. The molecule has 3 aromatic rings. The highest BCUT2D eigenvalue weighted by Gasteiger charge is 2.61. The number of esters is 1. The first kappa shape index (κ1) is 47.2. The van der Waals surface area contributed by atoms with Gasteiger partial charge in [-0.15, -0.1) is 11.3 Å². The number of hydrogen-bond donors (Lipinski definition) is 3. The Balaban J connectivity index is 1.17. The van der Waals surface area contributed by atoms with Gasteiger partial charge in [0.25, 0.3) is 0 Å². The average molecular weight is 912 g/mol. The monoisotopic (exact) mass is 910 g/mol. The van der Waals surface area contributed by atoms with E-state index in [1.54, 1.807) is 0 Å². The van der Waals surface area contributed by atoms with Crippen LogP contribution in [0.25, 0.3) is 22.3 Å². The highest BCUT2D eigenvalue weighted by molar-refractivity contribution is 7.14. The zero-order valence-corrected chi connectivity index (χ0v) is 39.8. The molecule has 63 heavy (non-hydrogen) atoms. The van der Waals surface area contributed by atoms with Gasteiger partial charge in [0.1, 0.15) is 46.6 Å². The summed E-state index contributed by atoms with van der Waals surface area (Å²) in [5, 5.41) is 20.4. The summed E-state index contributed by atoms with van der Waals surface area (Å²) in [4.78, 5) is 54.8. The Labute approximate surface area is 381 Å². The van der Waals surface area contributed by atoms with Gasteiger partial charge in [-0.05, 0) is 74.3 Å². The van der Waals surface area contributed by atoms with Crippen LogP contribution >= 0.6 is 22.9 Å². The number of likely N-dealkylation sites (tertiary alicyclic amines) is 1. The maximum atomic E-state index is 14.4. The number of halogens is 1. The van der Waals surface area contributed by atoms with Crippen LogP contribution in [0.3, 0.4) is 0 Å². The van der Waals surface area contributed by atoms with Crippen molar-refractivity contribution in [1.82, 2.24) is 25.1 Å². The maximum absolute atomic E-state index is 14.4. The lowest BCUT2D eigenvalue weighted by Crippen LogP contribution is -2.53. The van der Waals surface area contributed by atoms with Crippen LogP contribution in [-0.2, 0) is 23.9 Å². The first-order chi connectivity index (χ1) is 29.9. The van der Waals surface area contributed by atoms with E-state index >= 15 is 0 Å². The van der Waals surface area contributed by atoms with Crippen molar-refractivity contribution in [3.05, 3.63) is 28.6 Å². The summed E-state index contributed by atoms with van der Waals surface area (Å²) in [5.74, 6) is 0.145. The largest absolute Gasteiger partial charge is 0.491 e. The Morgan fingerprint density at radius 1 is 1.05 bits per heavy atom. The number of carboxylic acid groups (broad SMARTS) is 1. The predicted molar refractivity (Wildman–Crippen MR) is 246 cm³/mol. The van der Waals surface area contributed by atoms with Crippen LogP contribution in [-0.4, -0.2) is 125 Å². The summed E-state index contributed by atoms with van der Waals surface area (Å²) in [6, 6.07) is 5.11. The van der Waals surface area contributed by atoms with Gasteiger partial charge >= 0.3 is 11.9 Å². The van der Waals surface area contributed by atoms with Crippen molar-refractivity contribution >= 4 is 56.8 Å². The minimum atomic E-state index is -1.29. The Morgan fingerprint density at radius 2 is 1.78 bits per heavy atom. The smallest absolute Gasteiger partial charge is 0.329 e. The summed E-state index contributed by atoms with van der Waals surface area (Å²) >= 11 is 8.63. The van der Waals surface area contributed by atoms with Gasteiger partial charge in [-0.2, -0.15) is 0 Å². The van der Waals surface area contributed by atoms with Crippen molar-refractivity contribution in [3.63, 3.8) is 0 Å². The standard InChI is InChI=1S/C47H67ClN6O8S/c1-9-30-23-47(30,44(57)58)52-43(56)37-21-33(25-54(37)24-31(46(6,7)8)20-40(55)62-32-18-28(4)29(5)19-32)61-39-22-35(36-26-63-45(51-36)49-27(2)3)50-42-34(39)10-11-38(41(42)48)60-17-14-53-12-15-59-16-13-53/h10-11,22,26-33,37H,9,12-21,23-25H2,1-8H3,(H,49,51)(H,52,56)(H,57,58)/t28-,29+,30-,31-,32+,33-,37?,47-/m1/s1. The molecule has 7 rings (SSSR count). The van der Waals surface area contributed by atoms with E-state index in [2.05, 4.69) is 68.9 Å². The third-order valence-corrected chi connectivity index (χ3v) is 14.9. The molecule has 346 valence electrons. The summed E-state index contributed by atoms with van der Waals surface area (Å²) in [7, 11) is 0. The number of benzene rings is 1. The SMILES string of the molecule is CC[C@@H]1C[C@]1(NC(=O)C1C[C@@H](Oc2cc(-c3csc(NC(C)C)n3)nc3c(Cl)c(OCCN4CCOCC4)ccc23)CN1C[C@@H](CC(=O)O[C@H]1C[C@@H](C)[C@@H](C)C1)C(C)(C)C)C(=O)O. The topological polar surface area (TPSA) is 165 Å². The molecule has 2 aliphatic heterocycles. The first-order valence-corrected chi connectivity index (χ1v) is 24.1. The molecule has 1 aromatic carbocycles. The van der Waals surface area contributed by atoms with Gasteiger partial charge in [0.15, 0.2) is 5.13 Å². The van der Waals surface area contributed by atoms with Gasteiger partial charge in [-0.25, -0.2) is 14.8 Å². The van der Waals surface area contributed by atoms with Crippen LogP contribution in [0.1, 0.15) is 93.9 Å². The number of carboxylic acids is 1. The highest BCUT2D eigenvalue weighted by Crippen LogP contribution is 2.47. The van der Waals surface area contributed by atoms with E-state index in [4.69, 9.17) is 40.5 Å². The molecule has 2 saturated heterocycles. The Bertz CT molecular complexity index is 2100. The molecule has 3 N–H and O–H groups in total. The maximum Gasteiger partial charge on any atom is 0.329 e. The van der Waals surface area contributed by atoms with E-state index in [0.29, 0.717) is 103 Å². The molecule has 16 heteroatoms. The number of rotatable bonds is 18. The predicted octanol–water partition coefficient (Wildman–Crippen LogP) is 7.76. The van der Waals surface area contributed by atoms with Crippen LogP contribution in [0.15, 0.2) is 23.6 Å². The molecule has 4 aliphatic rings. The zero-order valence-electron chi connectivity index (χ0n) is 38.2. The van der Waals surface area contributed by atoms with Gasteiger partial charge in [0, 0.05) is 62.0 Å². The molecule has 0 bridgehead atoms. The van der Waals surface area contributed by atoms with E-state index in [1.165, 1.54) is 11.3 Å². The minimum absolute atomic E-state index is 0.0860. The van der Waals surface area contributed by atoms with Crippen LogP contribution in [0.4, 0.5) is 5.13 Å². The fourth-order valence-electron chi connectivity index (χ4n) is 9.41. The number of aromatic nitrogens is 2. The normalized spacial score (nSPS) is 27.1. The van der Waals surface area contributed by atoms with E-state index in [-0.39, 0.29) is 47.7 Å². The summed E-state index contributed by atoms with van der Waals surface area (Å²) < 4.78 is 24.7. The van der Waals surface area contributed by atoms with E-state index in [0.717, 1.165) is 37.6 Å². The molecule has 8 atom stereocenters. The van der Waals surface area contributed by atoms with Crippen LogP contribution in [0.5, 0.6) is 11.5 Å². The first-order valence-electron chi connectivity index (χ1n) is 22.9. The second kappa shape index (κ2) is 19.8. The fraction of sp³-hybridized carbons (Fsp3) is 0.681. The number of pyridine rings is 1. The number of aliphatic carboxylic acids is 1. The van der Waals surface area contributed by atoms with Crippen molar-refractivity contribution in [2.24, 2.45) is 29.1 Å². The Kier molecular flexibility index (Phi) is 14.8. The number of nitrogens with zero attached hydrogens (tertiary/aromatic N) is 4. The van der Waals surface area contributed by atoms with Gasteiger partial charge in [-0.1, -0.05) is 59.6 Å². The van der Waals surface area contributed by atoms with Gasteiger partial charge in [-0.3, -0.25) is 19.4 Å². The van der Waals surface area contributed by atoms with Crippen molar-refractivity contribution < 1.29 is 38.4 Å². The molecular weight excluding hydrogens is 844 g/mol. The number of carbonyl (C=O) groups is 3. The van der Waals surface area contributed by atoms with E-state index in [1.807, 2.05) is 30.5 Å². The molecule has 2 aliphatic carbocycles. The fourth-order valence-corrected chi connectivity index (χ4v) is 10.5. The van der Waals surface area contributed by atoms with Crippen LogP contribution in [0, 0.1) is 29.1 Å².